The zero-order valence-electron chi connectivity index (χ0n) is 11.2. The Morgan fingerprint density at radius 1 is 1.26 bits per heavy atom. The highest BCUT2D eigenvalue weighted by Gasteiger charge is 2.17. The summed E-state index contributed by atoms with van der Waals surface area (Å²) < 4.78 is 22.8. The molecule has 0 fully saturated rings. The lowest BCUT2D eigenvalue weighted by Gasteiger charge is -2.12. The smallest absolute Gasteiger partial charge is 0.326 e. The number of aliphatic carboxylic acids is 1. The molecule has 8 heteroatoms. The van der Waals surface area contributed by atoms with Crippen LogP contribution < -0.4 is 5.32 Å². The van der Waals surface area contributed by atoms with Crippen molar-refractivity contribution < 1.29 is 23.1 Å². The Kier molecular flexibility index (Phi) is 8.82. The summed E-state index contributed by atoms with van der Waals surface area (Å²) in [4.78, 5) is 21.6. The summed E-state index contributed by atoms with van der Waals surface area (Å²) in [7, 11) is -2.97. The molecule has 0 spiro atoms. The number of hydrogen-bond acceptors (Lipinski definition) is 5. The molecule has 0 aliphatic heterocycles. The number of carboxylic acid groups (broad SMARTS) is 1. The van der Waals surface area contributed by atoms with Crippen molar-refractivity contribution in [3.63, 3.8) is 0 Å². The summed E-state index contributed by atoms with van der Waals surface area (Å²) in [6.07, 6.45) is 0.893. The second-order valence-corrected chi connectivity index (χ2v) is 7.67. The van der Waals surface area contributed by atoms with Crippen LogP contribution in [-0.2, 0) is 19.4 Å². The van der Waals surface area contributed by atoms with Gasteiger partial charge in [0.15, 0.2) is 9.84 Å². The largest absolute Gasteiger partial charge is 0.480 e. The van der Waals surface area contributed by atoms with E-state index in [1.54, 1.807) is 0 Å². The van der Waals surface area contributed by atoms with Gasteiger partial charge in [0.1, 0.15) is 6.04 Å². The van der Waals surface area contributed by atoms with Crippen LogP contribution in [0.25, 0.3) is 0 Å². The van der Waals surface area contributed by atoms with Crippen LogP contribution in [0.15, 0.2) is 0 Å². The lowest BCUT2D eigenvalue weighted by atomic mass is 10.2. The summed E-state index contributed by atoms with van der Waals surface area (Å²) in [5.74, 6) is -0.203. The molecule has 1 atom stereocenters. The van der Waals surface area contributed by atoms with Crippen LogP contribution in [0.1, 0.15) is 26.7 Å². The van der Waals surface area contributed by atoms with Crippen molar-refractivity contribution in [3.05, 3.63) is 0 Å². The summed E-state index contributed by atoms with van der Waals surface area (Å²) in [6, 6.07) is -0.905. The molecule has 0 aromatic carbocycles. The number of hydrogen-bond donors (Lipinski definition) is 2. The minimum atomic E-state index is -2.97. The molecule has 0 saturated heterocycles. The van der Waals surface area contributed by atoms with Gasteiger partial charge in [-0.1, -0.05) is 6.92 Å². The highest BCUT2D eigenvalue weighted by molar-refractivity contribution is 8.00. The number of amides is 1. The van der Waals surface area contributed by atoms with Gasteiger partial charge in [-0.25, -0.2) is 13.2 Å². The van der Waals surface area contributed by atoms with Gasteiger partial charge >= 0.3 is 5.97 Å². The van der Waals surface area contributed by atoms with E-state index in [-0.39, 0.29) is 23.8 Å². The Hall–Kier alpha value is -0.760. The predicted molar refractivity (Wildman–Crippen MR) is 76.1 cm³/mol. The number of nitrogens with one attached hydrogen (secondary N) is 1. The van der Waals surface area contributed by atoms with Gasteiger partial charge in [0.2, 0.25) is 5.91 Å². The van der Waals surface area contributed by atoms with Gasteiger partial charge in [-0.15, -0.1) is 0 Å². The van der Waals surface area contributed by atoms with Crippen molar-refractivity contribution in [2.75, 3.05) is 23.0 Å². The highest BCUT2D eigenvalue weighted by atomic mass is 32.2. The Bertz CT molecular complexity index is 394. The van der Waals surface area contributed by atoms with E-state index in [1.165, 1.54) is 18.7 Å². The van der Waals surface area contributed by atoms with Gasteiger partial charge in [0, 0.05) is 18.4 Å². The standard InChI is InChI=1S/C11H21NO5S2/c1-3-7-19(16,17)8-6-18-5-4-10(11(14)15)12-9(2)13/h10H,3-8H2,1-2H3,(H,12,13)(H,14,15). The number of carbonyl (C=O) groups is 2. The Morgan fingerprint density at radius 2 is 1.89 bits per heavy atom. The number of carbonyl (C=O) groups excluding carboxylic acids is 1. The van der Waals surface area contributed by atoms with E-state index in [0.717, 1.165) is 0 Å². The Balaban J connectivity index is 3.89. The van der Waals surface area contributed by atoms with Gasteiger partial charge in [-0.05, 0) is 18.6 Å². The zero-order chi connectivity index (χ0) is 14.9. The number of thioether (sulfide) groups is 1. The molecule has 6 nitrogen and oxygen atoms in total. The van der Waals surface area contributed by atoms with Gasteiger partial charge < -0.3 is 10.4 Å². The molecule has 0 aromatic rings. The maximum absolute atomic E-state index is 11.4. The molecule has 0 rings (SSSR count). The van der Waals surface area contributed by atoms with Crippen molar-refractivity contribution in [1.82, 2.24) is 5.32 Å². The Morgan fingerprint density at radius 3 is 2.37 bits per heavy atom. The van der Waals surface area contributed by atoms with Crippen molar-refractivity contribution in [1.29, 1.82) is 0 Å². The molecule has 19 heavy (non-hydrogen) atoms. The molecule has 0 bridgehead atoms. The molecule has 1 unspecified atom stereocenters. The zero-order valence-corrected chi connectivity index (χ0v) is 12.8. The summed E-state index contributed by atoms with van der Waals surface area (Å²) in [5, 5.41) is 11.2. The van der Waals surface area contributed by atoms with Crippen molar-refractivity contribution in [2.45, 2.75) is 32.7 Å². The highest BCUT2D eigenvalue weighted by Crippen LogP contribution is 2.07. The van der Waals surface area contributed by atoms with Gasteiger partial charge in [0.05, 0.1) is 5.75 Å². The van der Waals surface area contributed by atoms with Crippen LogP contribution in [0.4, 0.5) is 0 Å². The maximum Gasteiger partial charge on any atom is 0.326 e. The van der Waals surface area contributed by atoms with E-state index in [1.807, 2.05) is 6.92 Å². The normalized spacial score (nSPS) is 12.9. The average molecular weight is 311 g/mol. The molecular formula is C11H21NO5S2. The average Bonchev–Trinajstić information content (AvgIpc) is 2.26. The molecule has 0 aliphatic carbocycles. The SMILES string of the molecule is CCCS(=O)(=O)CCSCCC(NC(C)=O)C(=O)O. The van der Waals surface area contributed by atoms with E-state index in [2.05, 4.69) is 5.32 Å². The Labute approximate surface area is 118 Å². The minimum Gasteiger partial charge on any atom is -0.480 e. The quantitative estimate of drug-likeness (QED) is 0.571. The third kappa shape index (κ3) is 9.77. The fourth-order valence-corrected chi connectivity index (χ4v) is 4.32. The predicted octanol–water partition coefficient (Wildman–Crippen LogP) is 0.524. The van der Waals surface area contributed by atoms with Crippen LogP contribution in [0, 0.1) is 0 Å². The first-order valence-corrected chi connectivity index (χ1v) is 9.04. The van der Waals surface area contributed by atoms with Crippen molar-refractivity contribution in [2.24, 2.45) is 0 Å². The van der Waals surface area contributed by atoms with Gasteiger partial charge in [-0.2, -0.15) is 11.8 Å². The van der Waals surface area contributed by atoms with E-state index >= 15 is 0 Å². The third-order valence-electron chi connectivity index (χ3n) is 2.28. The van der Waals surface area contributed by atoms with Gasteiger partial charge in [-0.3, -0.25) is 4.79 Å². The van der Waals surface area contributed by atoms with Gasteiger partial charge in [0.25, 0.3) is 0 Å². The van der Waals surface area contributed by atoms with Crippen LogP contribution in [0.2, 0.25) is 0 Å². The fraction of sp³-hybridized carbons (Fsp3) is 0.818. The minimum absolute atomic E-state index is 0.114. The molecule has 0 aromatic heterocycles. The first-order valence-electron chi connectivity index (χ1n) is 6.06. The van der Waals surface area contributed by atoms with E-state index < -0.39 is 21.8 Å². The summed E-state index contributed by atoms with van der Waals surface area (Å²) in [6.45, 7) is 3.08. The molecule has 2 N–H and O–H groups in total. The second-order valence-electron chi connectivity index (χ2n) is 4.14. The molecule has 0 saturated carbocycles. The van der Waals surface area contributed by atoms with E-state index in [0.29, 0.717) is 17.9 Å². The molecule has 0 radical (unpaired) electrons. The number of rotatable bonds is 10. The third-order valence-corrected chi connectivity index (χ3v) is 5.41. The summed E-state index contributed by atoms with van der Waals surface area (Å²) >= 11 is 1.39. The lowest BCUT2D eigenvalue weighted by Crippen LogP contribution is -2.39. The second kappa shape index (κ2) is 9.19. The monoisotopic (exact) mass is 311 g/mol. The van der Waals surface area contributed by atoms with E-state index in [9.17, 15) is 18.0 Å². The van der Waals surface area contributed by atoms with Crippen LogP contribution in [0.5, 0.6) is 0 Å². The van der Waals surface area contributed by atoms with Crippen LogP contribution in [0.3, 0.4) is 0 Å². The molecule has 1 amide bonds. The lowest BCUT2D eigenvalue weighted by molar-refractivity contribution is -0.141. The molecule has 0 heterocycles. The summed E-state index contributed by atoms with van der Waals surface area (Å²) in [5.41, 5.74) is 0. The molecular weight excluding hydrogens is 290 g/mol. The van der Waals surface area contributed by atoms with Crippen LogP contribution in [-0.4, -0.2) is 54.5 Å². The first kappa shape index (κ1) is 18.2. The molecule has 0 aliphatic rings. The van der Waals surface area contributed by atoms with Crippen molar-refractivity contribution in [3.8, 4) is 0 Å². The van der Waals surface area contributed by atoms with Crippen LogP contribution >= 0.6 is 11.8 Å². The number of sulfone groups is 1. The topological polar surface area (TPSA) is 101 Å². The number of carboxylic acids is 1. The fourth-order valence-electron chi connectivity index (χ4n) is 1.40. The van der Waals surface area contributed by atoms with E-state index in [4.69, 9.17) is 5.11 Å². The molecule has 112 valence electrons. The first-order chi connectivity index (χ1) is 8.78. The van der Waals surface area contributed by atoms with Crippen molar-refractivity contribution >= 4 is 33.5 Å². The maximum atomic E-state index is 11.4.